The second-order valence-corrected chi connectivity index (χ2v) is 15.4. The fourth-order valence-electron chi connectivity index (χ4n) is 6.37. The normalized spacial score (nSPS) is 23.9. The van der Waals surface area contributed by atoms with Crippen molar-refractivity contribution in [2.75, 3.05) is 19.0 Å². The molecule has 0 bridgehead atoms. The number of carbonyl (C=O) groups excluding carboxylic acids is 3. The first-order valence-electron chi connectivity index (χ1n) is 16.4. The highest BCUT2D eigenvalue weighted by Crippen LogP contribution is 2.45. The highest BCUT2D eigenvalue weighted by molar-refractivity contribution is 7.91. The number of ether oxygens (including phenoxy) is 2. The van der Waals surface area contributed by atoms with Crippen LogP contribution in [0.5, 0.6) is 11.6 Å². The van der Waals surface area contributed by atoms with Crippen molar-refractivity contribution < 1.29 is 32.3 Å². The summed E-state index contributed by atoms with van der Waals surface area (Å²) in [6.07, 6.45) is 5.44. The standard InChI is InChI=1S/C35H42N6O7S/c1-6-23-18-35(23,34(44)40-49(45,46)26-8-9-26)39-31(42)28-17-25(48-32-27-10-7-24(47-5)16-22(27)12-14-37-32)19-41(28)33(43)30(20(2)3)38-29-15-21(4)11-13-36-29/h6-7,10-16,20,23,25-26,28,30H,1,8-9,17-19H2,2-5H3,(H,36,38)(H,39,42)(H,40,44)/t23-,25-,28+,30?,35-/m1/s1. The number of carbonyl (C=O) groups is 3. The summed E-state index contributed by atoms with van der Waals surface area (Å²) >= 11 is 0. The first kappa shape index (κ1) is 34.2. The minimum atomic E-state index is -3.86. The Morgan fingerprint density at radius 1 is 1.10 bits per heavy atom. The van der Waals surface area contributed by atoms with Gasteiger partial charge in [0.05, 0.1) is 18.9 Å². The first-order valence-corrected chi connectivity index (χ1v) is 18.0. The Labute approximate surface area is 285 Å². The third-order valence-electron chi connectivity index (χ3n) is 9.46. The van der Waals surface area contributed by atoms with Crippen LogP contribution >= 0.6 is 0 Å². The molecule has 0 spiro atoms. The van der Waals surface area contributed by atoms with Gasteiger partial charge in [-0.05, 0) is 79.5 Å². The van der Waals surface area contributed by atoms with Crippen molar-refractivity contribution in [1.82, 2.24) is 24.9 Å². The molecule has 13 nitrogen and oxygen atoms in total. The molecule has 3 aliphatic rings. The fraction of sp³-hybridized carbons (Fsp3) is 0.457. The summed E-state index contributed by atoms with van der Waals surface area (Å²) in [6, 6.07) is 9.26. The first-order chi connectivity index (χ1) is 23.3. The lowest BCUT2D eigenvalue weighted by Gasteiger charge is -2.31. The van der Waals surface area contributed by atoms with Crippen LogP contribution in [-0.2, 0) is 24.4 Å². The smallest absolute Gasteiger partial charge is 0.259 e. The van der Waals surface area contributed by atoms with Crippen molar-refractivity contribution in [1.29, 1.82) is 0 Å². The number of amides is 3. The number of likely N-dealkylation sites (tertiary alicyclic amines) is 1. The monoisotopic (exact) mass is 690 g/mol. The quantitative estimate of drug-likeness (QED) is 0.227. The number of benzene rings is 1. The lowest BCUT2D eigenvalue weighted by molar-refractivity contribution is -0.140. The maximum atomic E-state index is 14.4. The molecule has 0 radical (unpaired) electrons. The molecule has 1 aliphatic heterocycles. The van der Waals surface area contributed by atoms with Crippen LogP contribution in [-0.4, -0.2) is 83.6 Å². The van der Waals surface area contributed by atoms with Crippen molar-refractivity contribution in [2.24, 2.45) is 11.8 Å². The Bertz CT molecular complexity index is 1900. The van der Waals surface area contributed by atoms with E-state index >= 15 is 0 Å². The van der Waals surface area contributed by atoms with Crippen LogP contribution in [0.25, 0.3) is 10.8 Å². The summed E-state index contributed by atoms with van der Waals surface area (Å²) in [6.45, 7) is 9.57. The van der Waals surface area contributed by atoms with Crippen molar-refractivity contribution in [2.45, 2.75) is 75.4 Å². The lowest BCUT2D eigenvalue weighted by Crippen LogP contribution is -2.58. The number of aromatic nitrogens is 2. The molecule has 3 amide bonds. The molecule has 3 N–H and O–H groups in total. The number of aryl methyl sites for hydroxylation is 1. The number of anilines is 1. The van der Waals surface area contributed by atoms with E-state index in [9.17, 15) is 22.8 Å². The number of nitrogens with one attached hydrogen (secondary N) is 3. The molecule has 3 aromatic rings. The number of rotatable bonds is 13. The average molecular weight is 691 g/mol. The van der Waals surface area contributed by atoms with Gasteiger partial charge in [-0.3, -0.25) is 19.1 Å². The molecule has 3 heterocycles. The molecule has 3 fully saturated rings. The Kier molecular flexibility index (Phi) is 9.27. The van der Waals surface area contributed by atoms with E-state index in [0.717, 1.165) is 16.3 Å². The van der Waals surface area contributed by atoms with Crippen LogP contribution in [0.4, 0.5) is 5.82 Å². The number of hydrogen-bond donors (Lipinski definition) is 3. The number of methoxy groups -OCH3 is 1. The summed E-state index contributed by atoms with van der Waals surface area (Å²) in [5.74, 6) is -0.852. The molecule has 2 aromatic heterocycles. The molecule has 260 valence electrons. The topological polar surface area (TPSA) is 169 Å². The van der Waals surface area contributed by atoms with E-state index in [1.165, 1.54) is 11.0 Å². The van der Waals surface area contributed by atoms with Crippen LogP contribution in [0.3, 0.4) is 0 Å². The summed E-state index contributed by atoms with van der Waals surface area (Å²) in [5, 5.41) is 7.05. The minimum absolute atomic E-state index is 0.0669. The Morgan fingerprint density at radius 3 is 2.51 bits per heavy atom. The Hall–Kier alpha value is -4.72. The van der Waals surface area contributed by atoms with E-state index in [-0.39, 0.29) is 31.2 Å². The predicted molar refractivity (Wildman–Crippen MR) is 183 cm³/mol. The number of fused-ring (bicyclic) bond motifs is 1. The second kappa shape index (κ2) is 13.3. The minimum Gasteiger partial charge on any atom is -0.497 e. The van der Waals surface area contributed by atoms with Gasteiger partial charge in [-0.25, -0.2) is 18.4 Å². The van der Waals surface area contributed by atoms with Crippen LogP contribution in [0, 0.1) is 18.8 Å². The molecule has 6 rings (SSSR count). The zero-order valence-corrected chi connectivity index (χ0v) is 28.8. The lowest BCUT2D eigenvalue weighted by atomic mass is 10.0. The van der Waals surface area contributed by atoms with Crippen molar-refractivity contribution in [3.8, 4) is 11.6 Å². The van der Waals surface area contributed by atoms with Crippen molar-refractivity contribution in [3.05, 3.63) is 67.0 Å². The van der Waals surface area contributed by atoms with Gasteiger partial charge in [-0.15, -0.1) is 6.58 Å². The van der Waals surface area contributed by atoms with Gasteiger partial charge in [-0.1, -0.05) is 19.9 Å². The second-order valence-electron chi connectivity index (χ2n) is 13.5. The SMILES string of the molecule is C=C[C@@H]1C[C@]1(NC(=O)[C@@H]1C[C@@H](Oc2nccc3cc(OC)ccc23)CN1C(=O)C(Nc1cc(C)ccn1)C(C)C)C(=O)NS(=O)(=O)C1CC1. The largest absolute Gasteiger partial charge is 0.497 e. The van der Waals surface area contributed by atoms with E-state index < -0.39 is 56.7 Å². The third-order valence-corrected chi connectivity index (χ3v) is 11.3. The van der Waals surface area contributed by atoms with Gasteiger partial charge in [0.1, 0.15) is 35.3 Å². The molecule has 2 saturated carbocycles. The Morgan fingerprint density at radius 2 is 1.86 bits per heavy atom. The zero-order valence-electron chi connectivity index (χ0n) is 28.0. The van der Waals surface area contributed by atoms with E-state index in [4.69, 9.17) is 9.47 Å². The van der Waals surface area contributed by atoms with Crippen molar-refractivity contribution in [3.63, 3.8) is 0 Å². The van der Waals surface area contributed by atoms with Gasteiger partial charge in [0.2, 0.25) is 27.7 Å². The predicted octanol–water partition coefficient (Wildman–Crippen LogP) is 3.10. The molecular weight excluding hydrogens is 648 g/mol. The summed E-state index contributed by atoms with van der Waals surface area (Å²) in [4.78, 5) is 52.3. The van der Waals surface area contributed by atoms with Crippen LogP contribution < -0.4 is 24.8 Å². The van der Waals surface area contributed by atoms with E-state index in [0.29, 0.717) is 30.3 Å². The van der Waals surface area contributed by atoms with Crippen molar-refractivity contribution >= 4 is 44.3 Å². The fourth-order valence-corrected chi connectivity index (χ4v) is 7.73. The van der Waals surface area contributed by atoms with Gasteiger partial charge >= 0.3 is 0 Å². The van der Waals surface area contributed by atoms with Crippen LogP contribution in [0.1, 0.15) is 45.1 Å². The summed E-state index contributed by atoms with van der Waals surface area (Å²) in [5.41, 5.74) is -0.528. The molecular formula is C35H42N6O7S. The van der Waals surface area contributed by atoms with Gasteiger partial charge in [0.25, 0.3) is 5.91 Å². The Balaban J connectivity index is 1.28. The van der Waals surface area contributed by atoms with E-state index in [1.807, 2.05) is 51.1 Å². The molecule has 1 saturated heterocycles. The number of nitrogens with zero attached hydrogens (tertiary/aromatic N) is 3. The maximum Gasteiger partial charge on any atom is 0.259 e. The number of hydrogen-bond acceptors (Lipinski definition) is 10. The van der Waals surface area contributed by atoms with E-state index in [1.54, 1.807) is 25.6 Å². The highest BCUT2D eigenvalue weighted by Gasteiger charge is 2.62. The van der Waals surface area contributed by atoms with E-state index in [2.05, 4.69) is 31.9 Å². The molecule has 14 heteroatoms. The van der Waals surface area contributed by atoms with Gasteiger partial charge in [0, 0.05) is 30.1 Å². The number of pyridine rings is 2. The van der Waals surface area contributed by atoms with Gasteiger partial charge in [-0.2, -0.15) is 0 Å². The third kappa shape index (κ3) is 7.05. The summed E-state index contributed by atoms with van der Waals surface area (Å²) < 4.78 is 39.2. The molecule has 1 aromatic carbocycles. The van der Waals surface area contributed by atoms with Crippen LogP contribution in [0.2, 0.25) is 0 Å². The maximum absolute atomic E-state index is 14.4. The summed E-state index contributed by atoms with van der Waals surface area (Å²) in [7, 11) is -2.27. The average Bonchev–Trinajstić information content (AvgIpc) is 4.00. The molecule has 5 atom stereocenters. The van der Waals surface area contributed by atoms with Gasteiger partial charge in [0.15, 0.2) is 0 Å². The van der Waals surface area contributed by atoms with Crippen LogP contribution in [0.15, 0.2) is 61.4 Å². The number of sulfonamides is 1. The molecule has 1 unspecified atom stereocenters. The molecule has 2 aliphatic carbocycles. The molecule has 49 heavy (non-hydrogen) atoms. The zero-order chi connectivity index (χ0) is 35.1. The highest BCUT2D eigenvalue weighted by atomic mass is 32.2. The van der Waals surface area contributed by atoms with Gasteiger partial charge < -0.3 is 25.0 Å².